The molecule has 0 aliphatic carbocycles. The summed E-state index contributed by atoms with van der Waals surface area (Å²) in [4.78, 5) is 14.8. The molecule has 1 unspecified atom stereocenters. The summed E-state index contributed by atoms with van der Waals surface area (Å²) in [7, 11) is -4.01. The van der Waals surface area contributed by atoms with Gasteiger partial charge in [0.25, 0.3) is 10.0 Å². The second-order valence-corrected chi connectivity index (χ2v) is 7.67. The van der Waals surface area contributed by atoms with Crippen LogP contribution in [0.15, 0.2) is 47.5 Å². The van der Waals surface area contributed by atoms with Crippen LogP contribution in [0.4, 0.5) is 5.69 Å². The second-order valence-electron chi connectivity index (χ2n) is 5.83. The summed E-state index contributed by atoms with van der Waals surface area (Å²) < 4.78 is 27.6. The highest BCUT2D eigenvalue weighted by Crippen LogP contribution is 2.37. The van der Waals surface area contributed by atoms with Crippen molar-refractivity contribution < 1.29 is 18.3 Å². The molecule has 3 rings (SSSR count). The first-order valence-electron chi connectivity index (χ1n) is 7.73. The molecule has 7 heteroatoms. The summed E-state index contributed by atoms with van der Waals surface area (Å²) in [5.41, 5.74) is 1.12. The third kappa shape index (κ3) is 2.75. The quantitative estimate of drug-likeness (QED) is 0.923. The number of nitrogens with zero attached hydrogens (tertiary/aromatic N) is 2. The molecule has 0 radical (unpaired) electrons. The molecule has 126 valence electrons. The Morgan fingerprint density at radius 3 is 2.75 bits per heavy atom. The Kier molecular flexibility index (Phi) is 4.28. The average Bonchev–Trinajstić information content (AvgIpc) is 2.75. The van der Waals surface area contributed by atoms with E-state index in [4.69, 9.17) is 0 Å². The number of fused-ring (bicyclic) bond motifs is 1. The minimum atomic E-state index is -4.01. The maximum atomic E-state index is 13.2. The van der Waals surface area contributed by atoms with Gasteiger partial charge in [0.05, 0.1) is 5.69 Å². The highest BCUT2D eigenvalue weighted by Gasteiger charge is 2.33. The van der Waals surface area contributed by atoms with Crippen LogP contribution in [0.3, 0.4) is 0 Å². The zero-order valence-corrected chi connectivity index (χ0v) is 14.0. The van der Waals surface area contributed by atoms with Crippen LogP contribution in [-0.2, 0) is 10.0 Å². The number of hydrogen-bond acceptors (Lipinski definition) is 4. The Morgan fingerprint density at radius 1 is 1.25 bits per heavy atom. The van der Waals surface area contributed by atoms with E-state index in [-0.39, 0.29) is 10.8 Å². The number of carbonyl (C=O) groups is 1. The van der Waals surface area contributed by atoms with Gasteiger partial charge in [0.1, 0.15) is 4.90 Å². The first-order chi connectivity index (χ1) is 11.4. The molecule has 1 aliphatic heterocycles. The molecular formula is C17H18N2O4S. The molecule has 1 atom stereocenters. The van der Waals surface area contributed by atoms with E-state index < -0.39 is 21.7 Å². The summed E-state index contributed by atoms with van der Waals surface area (Å²) >= 11 is 0. The number of hydrogen-bond donors (Lipinski definition) is 1. The van der Waals surface area contributed by atoms with Crippen molar-refractivity contribution in [1.82, 2.24) is 4.98 Å². The fourth-order valence-electron chi connectivity index (χ4n) is 3.08. The van der Waals surface area contributed by atoms with Gasteiger partial charge in [0.2, 0.25) is 0 Å². The van der Waals surface area contributed by atoms with Crippen LogP contribution >= 0.6 is 0 Å². The predicted octanol–water partition coefficient (Wildman–Crippen LogP) is 2.87. The van der Waals surface area contributed by atoms with Crippen LogP contribution < -0.4 is 4.31 Å². The van der Waals surface area contributed by atoms with E-state index >= 15 is 0 Å². The highest BCUT2D eigenvalue weighted by molar-refractivity contribution is 7.93. The molecular weight excluding hydrogens is 328 g/mol. The van der Waals surface area contributed by atoms with E-state index in [0.29, 0.717) is 18.7 Å². The lowest BCUT2D eigenvalue weighted by atomic mass is 9.96. The van der Waals surface area contributed by atoms with E-state index in [1.165, 1.54) is 22.6 Å². The summed E-state index contributed by atoms with van der Waals surface area (Å²) in [6, 6.07) is 10.1. The fraction of sp³-hybridized carbons (Fsp3) is 0.294. The Bertz CT molecular complexity index is 880. The average molecular weight is 346 g/mol. The third-order valence-electron chi connectivity index (χ3n) is 4.28. The summed E-state index contributed by atoms with van der Waals surface area (Å²) in [5.74, 6) is -1.11. The Morgan fingerprint density at radius 2 is 2.00 bits per heavy atom. The number of anilines is 1. The van der Waals surface area contributed by atoms with Gasteiger partial charge in [0.15, 0.2) is 5.69 Å². The molecule has 1 aliphatic rings. The van der Waals surface area contributed by atoms with Crippen LogP contribution in [0, 0.1) is 0 Å². The fourth-order valence-corrected chi connectivity index (χ4v) is 4.74. The molecule has 0 saturated heterocycles. The van der Waals surface area contributed by atoms with Crippen molar-refractivity contribution in [2.75, 3.05) is 10.8 Å². The minimum Gasteiger partial charge on any atom is -0.476 e. The van der Waals surface area contributed by atoms with Gasteiger partial charge in [-0.3, -0.25) is 4.31 Å². The van der Waals surface area contributed by atoms with Gasteiger partial charge < -0.3 is 5.11 Å². The van der Waals surface area contributed by atoms with Gasteiger partial charge in [0, 0.05) is 12.7 Å². The summed E-state index contributed by atoms with van der Waals surface area (Å²) in [6.07, 6.45) is 2.86. The van der Waals surface area contributed by atoms with Gasteiger partial charge in [-0.25, -0.2) is 18.2 Å². The van der Waals surface area contributed by atoms with Crippen molar-refractivity contribution in [3.8, 4) is 0 Å². The molecule has 1 aromatic heterocycles. The SMILES string of the molecule is CC1CCCN(S(=O)(=O)c2cccnc2C(=O)O)c2ccccc21. The monoisotopic (exact) mass is 346 g/mol. The largest absolute Gasteiger partial charge is 0.476 e. The molecule has 24 heavy (non-hydrogen) atoms. The molecule has 2 aromatic rings. The number of aromatic nitrogens is 1. The highest BCUT2D eigenvalue weighted by atomic mass is 32.2. The molecule has 1 aromatic carbocycles. The standard InChI is InChI=1S/C17H18N2O4S/c1-12-6-5-11-19(14-8-3-2-7-13(12)14)24(22,23)15-9-4-10-18-16(15)17(20)21/h2-4,7-10,12H,5-6,11H2,1H3,(H,20,21). The Balaban J connectivity index is 2.18. The topological polar surface area (TPSA) is 87.6 Å². The molecule has 0 bridgehead atoms. The van der Waals surface area contributed by atoms with E-state index in [9.17, 15) is 18.3 Å². The number of sulfonamides is 1. The maximum absolute atomic E-state index is 13.2. The zero-order valence-electron chi connectivity index (χ0n) is 13.2. The van der Waals surface area contributed by atoms with Crippen molar-refractivity contribution in [2.24, 2.45) is 0 Å². The molecule has 0 amide bonds. The summed E-state index contributed by atoms with van der Waals surface area (Å²) in [6.45, 7) is 2.39. The Hall–Kier alpha value is -2.41. The summed E-state index contributed by atoms with van der Waals surface area (Å²) in [5, 5.41) is 9.27. The normalized spacial score (nSPS) is 17.9. The zero-order chi connectivity index (χ0) is 17.3. The van der Waals surface area contributed by atoms with E-state index in [1.807, 2.05) is 12.1 Å². The van der Waals surface area contributed by atoms with Crippen molar-refractivity contribution in [2.45, 2.75) is 30.6 Å². The molecule has 0 saturated carbocycles. The second kappa shape index (κ2) is 6.24. The maximum Gasteiger partial charge on any atom is 0.355 e. The van der Waals surface area contributed by atoms with Crippen LogP contribution in [0.5, 0.6) is 0 Å². The van der Waals surface area contributed by atoms with Gasteiger partial charge in [-0.1, -0.05) is 25.1 Å². The van der Waals surface area contributed by atoms with Crippen molar-refractivity contribution in [3.05, 3.63) is 53.9 Å². The van der Waals surface area contributed by atoms with Gasteiger partial charge in [-0.05, 0) is 42.5 Å². The molecule has 1 N–H and O–H groups in total. The van der Waals surface area contributed by atoms with Crippen molar-refractivity contribution in [3.63, 3.8) is 0 Å². The van der Waals surface area contributed by atoms with Crippen molar-refractivity contribution in [1.29, 1.82) is 0 Å². The number of para-hydroxylation sites is 1. The lowest BCUT2D eigenvalue weighted by Gasteiger charge is -2.25. The number of carboxylic acids is 1. The minimum absolute atomic E-state index is 0.245. The molecule has 0 spiro atoms. The number of pyridine rings is 1. The van der Waals surface area contributed by atoms with Crippen LogP contribution in [0.1, 0.15) is 41.7 Å². The number of carboxylic acid groups (broad SMARTS) is 1. The predicted molar refractivity (Wildman–Crippen MR) is 89.8 cm³/mol. The van der Waals surface area contributed by atoms with E-state index in [1.54, 1.807) is 12.1 Å². The molecule has 6 nitrogen and oxygen atoms in total. The van der Waals surface area contributed by atoms with Crippen LogP contribution in [0.2, 0.25) is 0 Å². The van der Waals surface area contributed by atoms with E-state index in [2.05, 4.69) is 11.9 Å². The first-order valence-corrected chi connectivity index (χ1v) is 9.17. The lowest BCUT2D eigenvalue weighted by molar-refractivity contribution is 0.0686. The van der Waals surface area contributed by atoms with E-state index in [0.717, 1.165) is 12.0 Å². The smallest absolute Gasteiger partial charge is 0.355 e. The van der Waals surface area contributed by atoms with Crippen molar-refractivity contribution >= 4 is 21.7 Å². The number of rotatable bonds is 3. The van der Waals surface area contributed by atoms with Gasteiger partial charge in [-0.2, -0.15) is 0 Å². The van der Waals surface area contributed by atoms with Gasteiger partial charge in [-0.15, -0.1) is 0 Å². The van der Waals surface area contributed by atoms with Crippen LogP contribution in [0.25, 0.3) is 0 Å². The van der Waals surface area contributed by atoms with Gasteiger partial charge >= 0.3 is 5.97 Å². The molecule has 0 fully saturated rings. The molecule has 2 heterocycles. The lowest BCUT2D eigenvalue weighted by Crippen LogP contribution is -2.33. The van der Waals surface area contributed by atoms with Crippen LogP contribution in [-0.4, -0.2) is 31.0 Å². The Labute approximate surface area is 140 Å². The third-order valence-corrected chi connectivity index (χ3v) is 6.12. The number of benzene rings is 1. The number of aromatic carboxylic acids is 1. The first kappa shape index (κ1) is 16.4.